The Hall–Kier alpha value is -0.170. The van der Waals surface area contributed by atoms with Gasteiger partial charge in [-0.05, 0) is 13.3 Å². The van der Waals surface area contributed by atoms with Crippen LogP contribution in [0.5, 0.6) is 0 Å². The van der Waals surface area contributed by atoms with Gasteiger partial charge in [0, 0.05) is 13.2 Å². The quantitative estimate of drug-likeness (QED) is 0.425. The van der Waals surface area contributed by atoms with Crippen LogP contribution in [0.25, 0.3) is 0 Å². The van der Waals surface area contributed by atoms with Crippen molar-refractivity contribution in [3.63, 3.8) is 0 Å². The van der Waals surface area contributed by atoms with Gasteiger partial charge in [-0.15, -0.1) is 0 Å². The van der Waals surface area contributed by atoms with Gasteiger partial charge in [0.15, 0.2) is 0 Å². The Kier molecular flexibility index (Phi) is 18.7. The third-order valence-corrected chi connectivity index (χ3v) is 2.85. The first-order chi connectivity index (χ1) is 9.41. The Balaban J connectivity index is 0. The molecule has 0 heterocycles. The van der Waals surface area contributed by atoms with Crippen molar-refractivity contribution in [1.82, 2.24) is 0 Å². The van der Waals surface area contributed by atoms with Gasteiger partial charge in [0.25, 0.3) is 0 Å². The zero-order valence-corrected chi connectivity index (χ0v) is 14.0. The molecule has 0 fully saturated rings. The highest BCUT2D eigenvalue weighted by atomic mass is 32.2. The zero-order chi connectivity index (χ0) is 15.7. The van der Waals surface area contributed by atoms with Gasteiger partial charge in [0.2, 0.25) is 0 Å². The summed E-state index contributed by atoms with van der Waals surface area (Å²) in [4.78, 5) is 0. The molecule has 0 bridgehead atoms. The largest absolute Gasteiger partial charge is 0.382 e. The summed E-state index contributed by atoms with van der Waals surface area (Å²) in [5, 5.41) is 3.88. The van der Waals surface area contributed by atoms with Crippen LogP contribution in [0.3, 0.4) is 0 Å². The summed E-state index contributed by atoms with van der Waals surface area (Å²) in [6, 6.07) is 0. The molecule has 0 aromatic rings. The van der Waals surface area contributed by atoms with E-state index in [1.54, 1.807) is 0 Å². The molecular weight excluding hydrogens is 278 g/mol. The van der Waals surface area contributed by atoms with Crippen LogP contribution in [0.4, 0.5) is 0 Å². The second-order valence-corrected chi connectivity index (χ2v) is 5.92. The third-order valence-electron chi connectivity index (χ3n) is 2.85. The van der Waals surface area contributed by atoms with Gasteiger partial charge >= 0.3 is 10.3 Å². The first-order valence-electron chi connectivity index (χ1n) is 7.74. The highest BCUT2D eigenvalue weighted by molar-refractivity contribution is 7.83. The van der Waals surface area contributed by atoms with E-state index in [1.165, 1.54) is 64.2 Å². The van der Waals surface area contributed by atoms with Crippen molar-refractivity contribution in [3.05, 3.63) is 0 Å². The number of rotatable bonds is 12. The zero-order valence-electron chi connectivity index (χ0n) is 13.1. The van der Waals surface area contributed by atoms with Crippen molar-refractivity contribution in [2.24, 2.45) is 5.14 Å². The van der Waals surface area contributed by atoms with Crippen LogP contribution in [-0.2, 0) is 15.0 Å². The second kappa shape index (κ2) is 16.9. The minimum atomic E-state index is -4.17. The van der Waals surface area contributed by atoms with Gasteiger partial charge in [0.1, 0.15) is 0 Å². The minimum absolute atomic E-state index is 0.872. The van der Waals surface area contributed by atoms with E-state index in [4.69, 9.17) is 17.7 Å². The molecule has 20 heavy (non-hydrogen) atoms. The van der Waals surface area contributed by atoms with Gasteiger partial charge in [0.05, 0.1) is 0 Å². The molecule has 0 atom stereocenters. The average molecular weight is 311 g/mol. The van der Waals surface area contributed by atoms with E-state index in [9.17, 15) is 0 Å². The molecule has 0 spiro atoms. The first kappa shape index (κ1) is 22.1. The van der Waals surface area contributed by atoms with Gasteiger partial charge < -0.3 is 4.74 Å². The molecule has 0 aromatic heterocycles. The second-order valence-electron chi connectivity index (χ2n) is 4.89. The molecule has 0 aliphatic carbocycles. The van der Waals surface area contributed by atoms with Crippen molar-refractivity contribution in [2.45, 2.75) is 78.1 Å². The molecule has 0 aliphatic rings. The van der Waals surface area contributed by atoms with E-state index in [0.29, 0.717) is 0 Å². The van der Waals surface area contributed by atoms with Crippen LogP contribution < -0.4 is 5.14 Å². The smallest absolute Gasteiger partial charge is 0.330 e. The SMILES string of the molecule is CCCCCCCCCCCCOCC.NS(=O)(=O)O. The maximum Gasteiger partial charge on any atom is 0.330 e. The summed E-state index contributed by atoms with van der Waals surface area (Å²) in [5.74, 6) is 0. The normalized spacial score (nSPS) is 11.0. The molecule has 0 unspecified atom stereocenters. The number of ether oxygens (including phenoxy) is 1. The molecule has 124 valence electrons. The molecule has 6 heteroatoms. The summed E-state index contributed by atoms with van der Waals surface area (Å²) in [6.45, 7) is 6.18. The standard InChI is InChI=1S/C14H30O.H3NO3S/c1-3-5-6-7-8-9-10-11-12-13-14-15-4-2;1-5(2,3)4/h3-14H2,1-2H3;(H3,1,2,3,4). The molecule has 0 aromatic carbocycles. The Bertz CT molecular complexity index is 248. The summed E-state index contributed by atoms with van der Waals surface area (Å²) in [5.41, 5.74) is 0. The van der Waals surface area contributed by atoms with Crippen LogP contribution in [0.15, 0.2) is 0 Å². The van der Waals surface area contributed by atoms with Crippen LogP contribution in [-0.4, -0.2) is 26.2 Å². The van der Waals surface area contributed by atoms with Crippen molar-refractivity contribution in [3.8, 4) is 0 Å². The minimum Gasteiger partial charge on any atom is -0.382 e. The highest BCUT2D eigenvalue weighted by Crippen LogP contribution is 2.10. The van der Waals surface area contributed by atoms with Crippen LogP contribution in [0, 0.1) is 0 Å². The van der Waals surface area contributed by atoms with Gasteiger partial charge in [-0.3, -0.25) is 4.55 Å². The third kappa shape index (κ3) is 36.1. The lowest BCUT2D eigenvalue weighted by Crippen LogP contribution is -2.08. The van der Waals surface area contributed by atoms with Crippen molar-refractivity contribution >= 4 is 10.3 Å². The van der Waals surface area contributed by atoms with E-state index in [0.717, 1.165) is 13.2 Å². The topological polar surface area (TPSA) is 89.6 Å². The lowest BCUT2D eigenvalue weighted by Gasteiger charge is -2.02. The van der Waals surface area contributed by atoms with Crippen molar-refractivity contribution < 1.29 is 17.7 Å². The summed E-state index contributed by atoms with van der Waals surface area (Å²) in [6.07, 6.45) is 14.0. The molecular formula is C14H33NO4S. The maximum absolute atomic E-state index is 8.97. The number of nitrogens with two attached hydrogens (primary N) is 1. The van der Waals surface area contributed by atoms with Crippen molar-refractivity contribution in [2.75, 3.05) is 13.2 Å². The summed E-state index contributed by atoms with van der Waals surface area (Å²) in [7, 11) is -4.17. The lowest BCUT2D eigenvalue weighted by atomic mass is 10.1. The Morgan fingerprint density at radius 2 is 1.20 bits per heavy atom. The molecule has 0 saturated heterocycles. The molecule has 3 N–H and O–H groups in total. The summed E-state index contributed by atoms with van der Waals surface area (Å²) < 4.78 is 30.5. The first-order valence-corrected chi connectivity index (χ1v) is 9.25. The van der Waals surface area contributed by atoms with Gasteiger partial charge in [-0.25, -0.2) is 5.14 Å². The molecule has 0 rings (SSSR count). The Morgan fingerprint density at radius 1 is 0.850 bits per heavy atom. The Labute approximate surface area is 125 Å². The predicted octanol–water partition coefficient (Wildman–Crippen LogP) is 3.69. The molecule has 0 radical (unpaired) electrons. The van der Waals surface area contributed by atoms with E-state index in [2.05, 4.69) is 19.0 Å². The fourth-order valence-corrected chi connectivity index (χ4v) is 1.84. The molecule has 0 aliphatic heterocycles. The Morgan fingerprint density at radius 3 is 1.55 bits per heavy atom. The summed E-state index contributed by atoms with van der Waals surface area (Å²) >= 11 is 0. The van der Waals surface area contributed by atoms with Crippen LogP contribution in [0.2, 0.25) is 0 Å². The van der Waals surface area contributed by atoms with E-state index >= 15 is 0 Å². The highest BCUT2D eigenvalue weighted by Gasteiger charge is 1.92. The molecule has 0 saturated carbocycles. The van der Waals surface area contributed by atoms with Gasteiger partial charge in [-0.2, -0.15) is 8.42 Å². The molecule has 5 nitrogen and oxygen atoms in total. The fourth-order valence-electron chi connectivity index (χ4n) is 1.84. The van der Waals surface area contributed by atoms with Gasteiger partial charge in [-0.1, -0.05) is 64.7 Å². The average Bonchev–Trinajstić information content (AvgIpc) is 2.34. The number of hydrogen-bond acceptors (Lipinski definition) is 3. The number of hydrogen-bond donors (Lipinski definition) is 2. The van der Waals surface area contributed by atoms with Crippen LogP contribution >= 0.6 is 0 Å². The number of unbranched alkanes of at least 4 members (excludes halogenated alkanes) is 9. The molecule has 0 amide bonds. The van der Waals surface area contributed by atoms with Crippen molar-refractivity contribution in [1.29, 1.82) is 0 Å². The van der Waals surface area contributed by atoms with E-state index in [-0.39, 0.29) is 0 Å². The van der Waals surface area contributed by atoms with Crippen LogP contribution in [0.1, 0.15) is 78.1 Å². The lowest BCUT2D eigenvalue weighted by molar-refractivity contribution is 0.143. The maximum atomic E-state index is 8.97. The van der Waals surface area contributed by atoms with E-state index < -0.39 is 10.3 Å². The monoisotopic (exact) mass is 311 g/mol. The fraction of sp³-hybridized carbons (Fsp3) is 1.00. The van der Waals surface area contributed by atoms with E-state index in [1.807, 2.05) is 0 Å². The predicted molar refractivity (Wildman–Crippen MR) is 84.1 cm³/mol.